The Morgan fingerprint density at radius 2 is 2.16 bits per heavy atom. The van der Waals surface area contributed by atoms with Crippen LogP contribution in [-0.4, -0.2) is 45.2 Å². The molecule has 2 N–H and O–H groups in total. The number of hydrogen-bond donors (Lipinski definition) is 2. The van der Waals surface area contributed by atoms with Gasteiger partial charge in [-0.3, -0.25) is 9.39 Å². The van der Waals surface area contributed by atoms with Crippen LogP contribution >= 0.6 is 11.3 Å². The Morgan fingerprint density at radius 3 is 2.96 bits per heavy atom. The van der Waals surface area contributed by atoms with E-state index in [1.165, 1.54) is 4.88 Å². The molecule has 0 atom stereocenters. The highest BCUT2D eigenvalue weighted by Crippen LogP contribution is 2.11. The van der Waals surface area contributed by atoms with Crippen LogP contribution in [0.3, 0.4) is 0 Å². The molecule has 132 valence electrons. The number of aromatic nitrogens is 4. The second-order valence-corrected chi connectivity index (χ2v) is 6.92. The highest BCUT2D eigenvalue weighted by atomic mass is 32.1. The standard InChI is InChI=1S/C17H23N7S/c1-3-18-17(20-10-8-16-21-12-13(2)25-16)19-9-7-15-23-22-14-6-4-5-11-24(14)15/h4-6,11-12H,3,7-10H2,1-2H3,(H2,18,19,20). The molecule has 0 saturated carbocycles. The van der Waals surface area contributed by atoms with E-state index in [1.807, 2.05) is 35.0 Å². The van der Waals surface area contributed by atoms with Crippen molar-refractivity contribution in [2.75, 3.05) is 19.6 Å². The van der Waals surface area contributed by atoms with Crippen LogP contribution in [0.2, 0.25) is 0 Å². The van der Waals surface area contributed by atoms with Gasteiger partial charge in [0.05, 0.1) is 5.01 Å². The highest BCUT2D eigenvalue weighted by Gasteiger charge is 2.05. The summed E-state index contributed by atoms with van der Waals surface area (Å²) >= 11 is 1.73. The van der Waals surface area contributed by atoms with E-state index in [-0.39, 0.29) is 0 Å². The minimum Gasteiger partial charge on any atom is -0.357 e. The molecule has 0 aliphatic rings. The molecule has 0 aromatic carbocycles. The summed E-state index contributed by atoms with van der Waals surface area (Å²) in [6, 6.07) is 5.90. The van der Waals surface area contributed by atoms with Crippen LogP contribution in [0.5, 0.6) is 0 Å². The number of aliphatic imine (C=N–C) groups is 1. The Hall–Kier alpha value is -2.48. The number of hydrogen-bond acceptors (Lipinski definition) is 5. The van der Waals surface area contributed by atoms with Gasteiger partial charge >= 0.3 is 0 Å². The average Bonchev–Trinajstić information content (AvgIpc) is 3.21. The van der Waals surface area contributed by atoms with Crippen molar-refractivity contribution in [3.8, 4) is 0 Å². The minimum atomic E-state index is 0.718. The van der Waals surface area contributed by atoms with E-state index < -0.39 is 0 Å². The molecule has 0 bridgehead atoms. The Labute approximate surface area is 151 Å². The topological polar surface area (TPSA) is 79.5 Å². The van der Waals surface area contributed by atoms with E-state index in [9.17, 15) is 0 Å². The Bertz CT molecular complexity index is 836. The predicted octanol–water partition coefficient (Wildman–Crippen LogP) is 1.83. The van der Waals surface area contributed by atoms with Crippen molar-refractivity contribution in [2.45, 2.75) is 26.7 Å². The third-order valence-corrected chi connectivity index (χ3v) is 4.61. The van der Waals surface area contributed by atoms with Gasteiger partial charge in [-0.1, -0.05) is 6.07 Å². The molecule has 3 aromatic rings. The first-order valence-corrected chi connectivity index (χ1v) is 9.30. The first kappa shape index (κ1) is 17.3. The molecule has 0 aliphatic heterocycles. The largest absolute Gasteiger partial charge is 0.357 e. The van der Waals surface area contributed by atoms with Crippen molar-refractivity contribution in [3.63, 3.8) is 0 Å². The zero-order valence-electron chi connectivity index (χ0n) is 14.6. The quantitative estimate of drug-likeness (QED) is 0.498. The summed E-state index contributed by atoms with van der Waals surface area (Å²) in [5.74, 6) is 1.77. The number of guanidine groups is 1. The fourth-order valence-electron chi connectivity index (χ4n) is 2.48. The zero-order valence-corrected chi connectivity index (χ0v) is 15.4. The maximum atomic E-state index is 4.62. The monoisotopic (exact) mass is 357 g/mol. The lowest BCUT2D eigenvalue weighted by Gasteiger charge is -2.10. The fraction of sp³-hybridized carbons (Fsp3) is 0.412. The number of fused-ring (bicyclic) bond motifs is 1. The van der Waals surface area contributed by atoms with Gasteiger partial charge in [-0.05, 0) is 26.0 Å². The lowest BCUT2D eigenvalue weighted by Crippen LogP contribution is -2.38. The van der Waals surface area contributed by atoms with Gasteiger partial charge in [0, 0.05) is 49.7 Å². The minimum absolute atomic E-state index is 0.718. The summed E-state index contributed by atoms with van der Waals surface area (Å²) < 4.78 is 2.01. The molecule has 3 heterocycles. The molecule has 0 unspecified atom stereocenters. The summed E-state index contributed by atoms with van der Waals surface area (Å²) in [5, 5.41) is 16.2. The molecule has 0 amide bonds. The van der Waals surface area contributed by atoms with Gasteiger partial charge in [-0.15, -0.1) is 21.5 Å². The molecule has 3 aromatic heterocycles. The summed E-state index contributed by atoms with van der Waals surface area (Å²) in [7, 11) is 0. The lowest BCUT2D eigenvalue weighted by molar-refractivity contribution is 0.762. The zero-order chi connectivity index (χ0) is 17.5. The van der Waals surface area contributed by atoms with Gasteiger partial charge < -0.3 is 10.6 Å². The second kappa shape index (κ2) is 8.57. The van der Waals surface area contributed by atoms with Crippen LogP contribution < -0.4 is 10.6 Å². The Kier molecular flexibility index (Phi) is 5.95. The molecule has 8 heteroatoms. The Balaban J connectivity index is 1.51. The maximum absolute atomic E-state index is 4.62. The van der Waals surface area contributed by atoms with Gasteiger partial charge in [-0.2, -0.15) is 0 Å². The van der Waals surface area contributed by atoms with Crippen LogP contribution in [0.25, 0.3) is 5.65 Å². The van der Waals surface area contributed by atoms with Crippen molar-refractivity contribution < 1.29 is 0 Å². The first-order chi connectivity index (χ1) is 12.3. The second-order valence-electron chi connectivity index (χ2n) is 5.60. The molecule has 3 rings (SSSR count). The number of rotatable bonds is 7. The van der Waals surface area contributed by atoms with Crippen LogP contribution in [0.1, 0.15) is 22.6 Å². The molecule has 0 aliphatic carbocycles. The van der Waals surface area contributed by atoms with Gasteiger partial charge in [0.2, 0.25) is 0 Å². The molecular weight excluding hydrogens is 334 g/mol. The van der Waals surface area contributed by atoms with Crippen molar-refractivity contribution in [1.29, 1.82) is 0 Å². The van der Waals surface area contributed by atoms with Crippen molar-refractivity contribution in [2.24, 2.45) is 4.99 Å². The molecule has 0 radical (unpaired) electrons. The summed E-state index contributed by atoms with van der Waals surface area (Å²) in [4.78, 5) is 10.2. The first-order valence-electron chi connectivity index (χ1n) is 8.48. The van der Waals surface area contributed by atoms with E-state index in [0.717, 1.165) is 54.9 Å². The summed E-state index contributed by atoms with van der Waals surface area (Å²) in [6.07, 6.45) is 5.54. The van der Waals surface area contributed by atoms with Gasteiger partial charge in [0.15, 0.2) is 11.6 Å². The highest BCUT2D eigenvalue weighted by molar-refractivity contribution is 7.11. The average molecular weight is 357 g/mol. The number of thiazole rings is 1. The maximum Gasteiger partial charge on any atom is 0.191 e. The third-order valence-electron chi connectivity index (χ3n) is 3.63. The molecule has 0 fully saturated rings. The van der Waals surface area contributed by atoms with Crippen molar-refractivity contribution >= 4 is 22.9 Å². The van der Waals surface area contributed by atoms with Crippen LogP contribution in [0.4, 0.5) is 0 Å². The van der Waals surface area contributed by atoms with E-state index in [2.05, 4.69) is 44.7 Å². The van der Waals surface area contributed by atoms with Crippen molar-refractivity contribution in [3.05, 3.63) is 46.3 Å². The number of pyridine rings is 1. The fourth-order valence-corrected chi connectivity index (χ4v) is 3.25. The number of nitrogens with one attached hydrogen (secondary N) is 2. The van der Waals surface area contributed by atoms with Crippen LogP contribution in [0, 0.1) is 6.92 Å². The summed E-state index contributed by atoms with van der Waals surface area (Å²) in [6.45, 7) is 6.43. The summed E-state index contributed by atoms with van der Waals surface area (Å²) in [5.41, 5.74) is 0.872. The van der Waals surface area contributed by atoms with Gasteiger partial charge in [-0.25, -0.2) is 4.98 Å². The predicted molar refractivity (Wildman–Crippen MR) is 101 cm³/mol. The number of aryl methyl sites for hydroxylation is 1. The lowest BCUT2D eigenvalue weighted by atomic mass is 10.4. The molecular formula is C17H23N7S. The third kappa shape index (κ3) is 4.76. The van der Waals surface area contributed by atoms with E-state index in [0.29, 0.717) is 0 Å². The molecule has 25 heavy (non-hydrogen) atoms. The molecule has 0 saturated heterocycles. The Morgan fingerprint density at radius 1 is 1.24 bits per heavy atom. The van der Waals surface area contributed by atoms with E-state index in [1.54, 1.807) is 11.3 Å². The van der Waals surface area contributed by atoms with Crippen molar-refractivity contribution in [1.82, 2.24) is 30.2 Å². The van der Waals surface area contributed by atoms with Crippen LogP contribution in [-0.2, 0) is 12.8 Å². The molecule has 0 spiro atoms. The van der Waals surface area contributed by atoms with E-state index >= 15 is 0 Å². The molecule has 7 nitrogen and oxygen atoms in total. The normalized spacial score (nSPS) is 11.8. The van der Waals surface area contributed by atoms with Crippen LogP contribution in [0.15, 0.2) is 35.6 Å². The SMILES string of the molecule is CCNC(=NCCc1ncc(C)s1)NCCc1nnc2ccccn12. The number of nitrogens with zero attached hydrogens (tertiary/aromatic N) is 5. The van der Waals surface area contributed by atoms with Gasteiger partial charge in [0.1, 0.15) is 5.82 Å². The van der Waals surface area contributed by atoms with Gasteiger partial charge in [0.25, 0.3) is 0 Å². The smallest absolute Gasteiger partial charge is 0.191 e. The van der Waals surface area contributed by atoms with E-state index in [4.69, 9.17) is 0 Å².